The van der Waals surface area contributed by atoms with Gasteiger partial charge in [-0.05, 0) is 0 Å². The summed E-state index contributed by atoms with van der Waals surface area (Å²) < 4.78 is 101. The fourth-order valence-electron chi connectivity index (χ4n) is 1.37. The third-order valence-corrected chi connectivity index (χ3v) is 2.21. The molecule has 0 fully saturated rings. The molecule has 4 nitrogen and oxygen atoms in total. The molecule has 1 aromatic rings. The second-order valence-corrected chi connectivity index (χ2v) is 3.55. The number of oxime groups is 1. The van der Waals surface area contributed by atoms with Gasteiger partial charge < -0.3 is 5.21 Å². The predicted molar refractivity (Wildman–Crippen MR) is 47.5 cm³/mol. The van der Waals surface area contributed by atoms with Gasteiger partial charge in [0.05, 0.1) is 11.9 Å². The molecule has 0 amide bonds. The molecule has 1 aromatic heterocycles. The molecule has 0 aliphatic rings. The Hall–Kier alpha value is -1.88. The summed E-state index contributed by atoms with van der Waals surface area (Å²) in [6.07, 6.45) is -11.7. The van der Waals surface area contributed by atoms with Crippen molar-refractivity contribution >= 4 is 6.21 Å². The number of hydrogen-bond acceptors (Lipinski definition) is 3. The lowest BCUT2D eigenvalue weighted by Crippen LogP contribution is -2.36. The number of alkyl halides is 8. The van der Waals surface area contributed by atoms with Crippen molar-refractivity contribution in [3.8, 4) is 0 Å². The molecule has 12 heteroatoms. The minimum absolute atomic E-state index is 0.0613. The summed E-state index contributed by atoms with van der Waals surface area (Å²) in [4.78, 5) is 0. The lowest BCUT2D eigenvalue weighted by Gasteiger charge is -2.19. The van der Waals surface area contributed by atoms with E-state index in [4.69, 9.17) is 5.21 Å². The van der Waals surface area contributed by atoms with Crippen LogP contribution in [0.25, 0.3) is 0 Å². The second-order valence-electron chi connectivity index (χ2n) is 3.55. The standard InChI is InChI=1S/C8H5F8N3O/c1-19-3(2-17-20)4(7(11,12)13)5(18-19)6(9,10)8(14,15)16/h2,20H,1H3/b17-2+. The summed E-state index contributed by atoms with van der Waals surface area (Å²) in [5.74, 6) is -5.81. The van der Waals surface area contributed by atoms with Gasteiger partial charge in [0.2, 0.25) is 0 Å². The van der Waals surface area contributed by atoms with Crippen LogP contribution in [0.1, 0.15) is 17.0 Å². The first-order valence-corrected chi connectivity index (χ1v) is 4.60. The van der Waals surface area contributed by atoms with Crippen molar-refractivity contribution in [1.29, 1.82) is 0 Å². The summed E-state index contributed by atoms with van der Waals surface area (Å²) in [6.45, 7) is 0. The summed E-state index contributed by atoms with van der Waals surface area (Å²) in [6, 6.07) is 0. The Morgan fingerprint density at radius 2 is 1.60 bits per heavy atom. The monoisotopic (exact) mass is 311 g/mol. The summed E-state index contributed by atoms with van der Waals surface area (Å²) in [7, 11) is 0.697. The van der Waals surface area contributed by atoms with Crippen molar-refractivity contribution in [1.82, 2.24) is 9.78 Å². The first kappa shape index (κ1) is 16.2. The quantitative estimate of drug-likeness (QED) is 0.395. The van der Waals surface area contributed by atoms with E-state index in [0.717, 1.165) is 0 Å². The van der Waals surface area contributed by atoms with Gasteiger partial charge in [-0.1, -0.05) is 5.16 Å². The number of hydrogen-bond donors (Lipinski definition) is 1. The van der Waals surface area contributed by atoms with Gasteiger partial charge in [0.25, 0.3) is 0 Å². The number of nitrogens with zero attached hydrogens (tertiary/aromatic N) is 3. The van der Waals surface area contributed by atoms with Gasteiger partial charge in [-0.15, -0.1) is 0 Å². The van der Waals surface area contributed by atoms with Crippen molar-refractivity contribution < 1.29 is 40.3 Å². The highest BCUT2D eigenvalue weighted by molar-refractivity contribution is 5.80. The topological polar surface area (TPSA) is 50.4 Å². The van der Waals surface area contributed by atoms with Gasteiger partial charge in [0.15, 0.2) is 5.69 Å². The Morgan fingerprint density at radius 3 is 1.95 bits per heavy atom. The molecule has 0 aliphatic carbocycles. The molecule has 0 aromatic carbocycles. The maximum atomic E-state index is 13.1. The predicted octanol–water partition coefficient (Wildman–Crippen LogP) is 2.90. The van der Waals surface area contributed by atoms with Crippen LogP contribution in [0, 0.1) is 0 Å². The van der Waals surface area contributed by atoms with Gasteiger partial charge in [-0.3, -0.25) is 4.68 Å². The molecule has 114 valence electrons. The van der Waals surface area contributed by atoms with E-state index in [2.05, 4.69) is 10.3 Å². The van der Waals surface area contributed by atoms with Crippen LogP contribution in [0.2, 0.25) is 0 Å². The molecule has 0 aliphatic heterocycles. The average Bonchev–Trinajstić information content (AvgIpc) is 2.55. The molecule has 0 radical (unpaired) electrons. The number of aromatic nitrogens is 2. The smallest absolute Gasteiger partial charge is 0.411 e. The number of aryl methyl sites for hydroxylation is 1. The fourth-order valence-corrected chi connectivity index (χ4v) is 1.37. The molecule has 0 saturated heterocycles. The van der Waals surface area contributed by atoms with Crippen molar-refractivity contribution in [2.24, 2.45) is 12.2 Å². The van der Waals surface area contributed by atoms with E-state index < -0.39 is 35.2 Å². The van der Waals surface area contributed by atoms with E-state index in [1.54, 1.807) is 0 Å². The minimum Gasteiger partial charge on any atom is -0.411 e. The van der Waals surface area contributed by atoms with Crippen molar-refractivity contribution in [3.63, 3.8) is 0 Å². The third-order valence-electron chi connectivity index (χ3n) is 2.21. The highest BCUT2D eigenvalue weighted by Crippen LogP contribution is 2.48. The normalized spacial score (nSPS) is 14.2. The van der Waals surface area contributed by atoms with Crippen LogP contribution in [0.5, 0.6) is 0 Å². The Morgan fingerprint density at radius 1 is 1.10 bits per heavy atom. The molecule has 0 spiro atoms. The zero-order valence-electron chi connectivity index (χ0n) is 9.39. The van der Waals surface area contributed by atoms with E-state index >= 15 is 0 Å². The van der Waals surface area contributed by atoms with Crippen LogP contribution in [-0.4, -0.2) is 27.4 Å². The van der Waals surface area contributed by atoms with Gasteiger partial charge in [0, 0.05) is 7.05 Å². The molecule has 0 bridgehead atoms. The van der Waals surface area contributed by atoms with Crippen LogP contribution >= 0.6 is 0 Å². The molecular weight excluding hydrogens is 306 g/mol. The second kappa shape index (κ2) is 4.59. The Balaban J connectivity index is 3.70. The fraction of sp³-hybridized carbons (Fsp3) is 0.500. The molecule has 0 unspecified atom stereocenters. The van der Waals surface area contributed by atoms with Crippen LogP contribution in [0.15, 0.2) is 5.16 Å². The maximum absolute atomic E-state index is 13.1. The van der Waals surface area contributed by atoms with Gasteiger partial charge in [-0.2, -0.15) is 40.2 Å². The highest BCUT2D eigenvalue weighted by atomic mass is 19.4. The van der Waals surface area contributed by atoms with Crippen LogP contribution in [-0.2, 0) is 19.1 Å². The van der Waals surface area contributed by atoms with Crippen molar-refractivity contribution in [2.45, 2.75) is 18.3 Å². The van der Waals surface area contributed by atoms with Crippen molar-refractivity contribution in [2.75, 3.05) is 0 Å². The first-order valence-electron chi connectivity index (χ1n) is 4.60. The van der Waals surface area contributed by atoms with Crippen LogP contribution in [0.4, 0.5) is 35.1 Å². The largest absolute Gasteiger partial charge is 0.459 e. The highest BCUT2D eigenvalue weighted by Gasteiger charge is 2.63. The molecule has 0 saturated carbocycles. The van der Waals surface area contributed by atoms with Crippen molar-refractivity contribution in [3.05, 3.63) is 17.0 Å². The minimum atomic E-state index is -6.25. The van der Waals surface area contributed by atoms with Gasteiger partial charge in [0.1, 0.15) is 5.56 Å². The van der Waals surface area contributed by atoms with E-state index in [1.165, 1.54) is 0 Å². The lowest BCUT2D eigenvalue weighted by molar-refractivity contribution is -0.292. The zero-order valence-corrected chi connectivity index (χ0v) is 9.39. The molecule has 0 atom stereocenters. The Kier molecular flexibility index (Phi) is 3.72. The van der Waals surface area contributed by atoms with Gasteiger partial charge >= 0.3 is 18.3 Å². The van der Waals surface area contributed by atoms with E-state index in [1.807, 2.05) is 0 Å². The zero-order chi connectivity index (χ0) is 15.9. The average molecular weight is 311 g/mol. The third kappa shape index (κ3) is 2.54. The molecular formula is C8H5F8N3O. The SMILES string of the molecule is Cn1nc(C(F)(F)C(F)(F)F)c(C(F)(F)F)c1/C=N/O. The first-order chi connectivity index (χ1) is 8.84. The molecule has 1 rings (SSSR count). The van der Waals surface area contributed by atoms with E-state index in [-0.39, 0.29) is 10.9 Å². The van der Waals surface area contributed by atoms with E-state index in [0.29, 0.717) is 7.05 Å². The number of halogens is 8. The summed E-state index contributed by atoms with van der Waals surface area (Å²) >= 11 is 0. The lowest BCUT2D eigenvalue weighted by atomic mass is 10.1. The Bertz CT molecular complexity index is 527. The number of rotatable bonds is 2. The molecule has 1 heterocycles. The van der Waals surface area contributed by atoms with E-state index in [9.17, 15) is 35.1 Å². The van der Waals surface area contributed by atoms with Crippen LogP contribution in [0.3, 0.4) is 0 Å². The van der Waals surface area contributed by atoms with Gasteiger partial charge in [-0.25, -0.2) is 0 Å². The van der Waals surface area contributed by atoms with Crippen LogP contribution < -0.4 is 0 Å². The maximum Gasteiger partial charge on any atom is 0.459 e. The summed E-state index contributed by atoms with van der Waals surface area (Å²) in [5, 5.41) is 12.9. The molecule has 1 N–H and O–H groups in total. The summed E-state index contributed by atoms with van der Waals surface area (Å²) in [5.41, 5.74) is -6.06. The Labute approximate surface area is 105 Å². The molecule has 20 heavy (non-hydrogen) atoms.